The minimum atomic E-state index is -1.13. The molecule has 0 aromatic heterocycles. The number of allylic oxidation sites excluding steroid dienone is 2. The van der Waals surface area contributed by atoms with E-state index in [0.717, 1.165) is 6.20 Å². The molecule has 0 saturated carbocycles. The molecule has 0 saturated heterocycles. The minimum Gasteiger partial charge on any atom is -0.478 e. The van der Waals surface area contributed by atoms with Crippen LogP contribution < -0.4 is 5.32 Å². The van der Waals surface area contributed by atoms with Gasteiger partial charge in [0.05, 0.1) is 5.57 Å². The predicted molar refractivity (Wildman–Crippen MR) is 43.7 cm³/mol. The van der Waals surface area contributed by atoms with E-state index in [-0.39, 0.29) is 11.3 Å². The summed E-state index contributed by atoms with van der Waals surface area (Å²) in [6, 6.07) is 0. The summed E-state index contributed by atoms with van der Waals surface area (Å²) >= 11 is 0. The maximum Gasteiger partial charge on any atom is 0.352 e. The molecule has 0 amide bonds. The first-order valence-corrected chi connectivity index (χ1v) is 3.43. The first kappa shape index (κ1) is 9.05. The fourth-order valence-corrected chi connectivity index (χ4v) is 0.766. The summed E-state index contributed by atoms with van der Waals surface area (Å²) in [5, 5.41) is 19.5. The number of hydrogen-bond acceptors (Lipinski definition) is 3. The molecule has 1 rings (SSSR count). The van der Waals surface area contributed by atoms with Gasteiger partial charge < -0.3 is 15.5 Å². The minimum absolute atomic E-state index is 0.00694. The van der Waals surface area contributed by atoms with Crippen LogP contribution >= 0.6 is 0 Å². The largest absolute Gasteiger partial charge is 0.478 e. The van der Waals surface area contributed by atoms with Crippen LogP contribution in [-0.2, 0) is 9.59 Å². The fraction of sp³-hybridized carbons (Fsp3) is 0. The summed E-state index contributed by atoms with van der Waals surface area (Å²) in [4.78, 5) is 20.9. The second kappa shape index (κ2) is 3.57. The number of aliphatic carboxylic acids is 2. The van der Waals surface area contributed by atoms with Crippen molar-refractivity contribution in [1.82, 2.24) is 5.32 Å². The number of carboxylic acid groups (broad SMARTS) is 2. The Labute approximate surface area is 73.7 Å². The van der Waals surface area contributed by atoms with Crippen LogP contribution in [-0.4, -0.2) is 22.2 Å². The molecule has 1 aliphatic heterocycles. The topological polar surface area (TPSA) is 86.6 Å². The number of nitrogens with one attached hydrogen (secondary N) is 1. The van der Waals surface area contributed by atoms with Gasteiger partial charge in [-0.05, 0) is 12.2 Å². The molecule has 5 heteroatoms. The Hall–Kier alpha value is -2.04. The van der Waals surface area contributed by atoms with Gasteiger partial charge in [0.1, 0.15) is 5.70 Å². The Morgan fingerprint density at radius 3 is 2.46 bits per heavy atom. The molecule has 0 aromatic rings. The van der Waals surface area contributed by atoms with Gasteiger partial charge >= 0.3 is 11.9 Å². The van der Waals surface area contributed by atoms with Crippen molar-refractivity contribution in [2.75, 3.05) is 0 Å². The molecule has 0 atom stereocenters. The Morgan fingerprint density at radius 1 is 1.23 bits per heavy atom. The average Bonchev–Trinajstić information content (AvgIpc) is 2.27. The van der Waals surface area contributed by atoms with Crippen molar-refractivity contribution in [3.05, 3.63) is 35.7 Å². The van der Waals surface area contributed by atoms with E-state index < -0.39 is 11.9 Å². The molecule has 13 heavy (non-hydrogen) atoms. The van der Waals surface area contributed by atoms with E-state index in [1.807, 2.05) is 0 Å². The van der Waals surface area contributed by atoms with Gasteiger partial charge in [0.2, 0.25) is 0 Å². The van der Waals surface area contributed by atoms with Crippen LogP contribution in [0.2, 0.25) is 0 Å². The van der Waals surface area contributed by atoms with Crippen molar-refractivity contribution in [3.8, 4) is 0 Å². The predicted octanol–water partition coefficient (Wildman–Crippen LogP) is 0.0828. The number of hydrogen-bond donors (Lipinski definition) is 3. The van der Waals surface area contributed by atoms with E-state index in [1.165, 1.54) is 18.2 Å². The third-order valence-electron chi connectivity index (χ3n) is 1.40. The highest BCUT2D eigenvalue weighted by Crippen LogP contribution is 2.03. The van der Waals surface area contributed by atoms with Gasteiger partial charge in [-0.25, -0.2) is 9.59 Å². The quantitative estimate of drug-likeness (QED) is 0.561. The van der Waals surface area contributed by atoms with E-state index in [9.17, 15) is 9.59 Å². The fourth-order valence-electron chi connectivity index (χ4n) is 0.766. The first-order valence-electron chi connectivity index (χ1n) is 3.43. The summed E-state index contributed by atoms with van der Waals surface area (Å²) in [7, 11) is 0. The zero-order chi connectivity index (χ0) is 9.84. The van der Waals surface area contributed by atoms with Gasteiger partial charge in [-0.2, -0.15) is 0 Å². The van der Waals surface area contributed by atoms with Crippen molar-refractivity contribution in [2.24, 2.45) is 0 Å². The zero-order valence-electron chi connectivity index (χ0n) is 6.52. The van der Waals surface area contributed by atoms with E-state index >= 15 is 0 Å². The molecular weight excluding hydrogens is 174 g/mol. The van der Waals surface area contributed by atoms with Gasteiger partial charge in [0, 0.05) is 6.20 Å². The maximum atomic E-state index is 10.5. The zero-order valence-corrected chi connectivity index (χ0v) is 6.52. The number of rotatable bonds is 2. The second-order valence-corrected chi connectivity index (χ2v) is 2.29. The molecule has 1 heterocycles. The molecule has 1 aliphatic rings. The second-order valence-electron chi connectivity index (χ2n) is 2.29. The van der Waals surface area contributed by atoms with Gasteiger partial charge in [0.15, 0.2) is 0 Å². The Balaban J connectivity index is 2.86. The highest BCUT2D eigenvalue weighted by Gasteiger charge is 2.09. The highest BCUT2D eigenvalue weighted by molar-refractivity contribution is 5.91. The van der Waals surface area contributed by atoms with Crippen LogP contribution in [0.15, 0.2) is 35.7 Å². The summed E-state index contributed by atoms with van der Waals surface area (Å²) in [6.07, 6.45) is 5.09. The lowest BCUT2D eigenvalue weighted by Crippen LogP contribution is -2.15. The molecule has 0 aromatic carbocycles. The Kier molecular flexibility index (Phi) is 2.49. The van der Waals surface area contributed by atoms with Crippen LogP contribution in [0.4, 0.5) is 0 Å². The van der Waals surface area contributed by atoms with Crippen molar-refractivity contribution in [1.29, 1.82) is 0 Å². The summed E-state index contributed by atoms with van der Waals surface area (Å²) in [6.45, 7) is 0. The van der Waals surface area contributed by atoms with Crippen molar-refractivity contribution < 1.29 is 19.8 Å². The lowest BCUT2D eigenvalue weighted by Gasteiger charge is -1.98. The average molecular weight is 181 g/mol. The normalized spacial score (nSPS) is 15.1. The Morgan fingerprint density at radius 2 is 1.92 bits per heavy atom. The first-order chi connectivity index (χ1) is 6.11. The van der Waals surface area contributed by atoms with Gasteiger partial charge in [0.25, 0.3) is 0 Å². The van der Waals surface area contributed by atoms with E-state index in [1.54, 1.807) is 0 Å². The smallest absolute Gasteiger partial charge is 0.352 e. The standard InChI is InChI=1S/C8H7NO4/c10-7(11)5-2-1-3-6(8(12)13)9-4-5/h1-4,9H,(H,10,11)(H,12,13). The number of carbonyl (C=O) groups is 2. The van der Waals surface area contributed by atoms with E-state index in [2.05, 4.69) is 5.32 Å². The molecule has 68 valence electrons. The molecule has 0 unspecified atom stereocenters. The highest BCUT2D eigenvalue weighted by atomic mass is 16.4. The van der Waals surface area contributed by atoms with Crippen LogP contribution in [0.1, 0.15) is 0 Å². The molecule has 0 bridgehead atoms. The van der Waals surface area contributed by atoms with Crippen LogP contribution in [0.5, 0.6) is 0 Å². The van der Waals surface area contributed by atoms with Crippen molar-refractivity contribution in [2.45, 2.75) is 0 Å². The molecule has 3 N–H and O–H groups in total. The third-order valence-corrected chi connectivity index (χ3v) is 1.40. The molecule has 0 fully saturated rings. The van der Waals surface area contributed by atoms with E-state index in [0.29, 0.717) is 0 Å². The monoisotopic (exact) mass is 181 g/mol. The van der Waals surface area contributed by atoms with Gasteiger partial charge in [-0.3, -0.25) is 0 Å². The summed E-state index contributed by atoms with van der Waals surface area (Å²) in [5.74, 6) is -2.24. The third kappa shape index (κ3) is 2.19. The molecule has 0 radical (unpaired) electrons. The van der Waals surface area contributed by atoms with Crippen molar-refractivity contribution >= 4 is 11.9 Å². The molecule has 5 nitrogen and oxygen atoms in total. The van der Waals surface area contributed by atoms with Crippen molar-refractivity contribution in [3.63, 3.8) is 0 Å². The van der Waals surface area contributed by atoms with Crippen LogP contribution in [0.25, 0.3) is 0 Å². The lowest BCUT2D eigenvalue weighted by molar-refractivity contribution is -0.133. The van der Waals surface area contributed by atoms with Crippen LogP contribution in [0, 0.1) is 0 Å². The van der Waals surface area contributed by atoms with Gasteiger partial charge in [-0.15, -0.1) is 0 Å². The van der Waals surface area contributed by atoms with Gasteiger partial charge in [-0.1, -0.05) is 6.08 Å². The molecule has 0 aliphatic carbocycles. The SMILES string of the molecule is O=C(O)C1=CNC(C(=O)O)=CC=C1. The van der Waals surface area contributed by atoms with Crippen LogP contribution in [0.3, 0.4) is 0 Å². The maximum absolute atomic E-state index is 10.5. The molecule has 0 spiro atoms. The number of carboxylic acids is 2. The summed E-state index contributed by atoms with van der Waals surface area (Å²) in [5.41, 5.74) is -0.0556. The summed E-state index contributed by atoms with van der Waals surface area (Å²) < 4.78 is 0. The Bertz CT molecular complexity index is 338. The molecular formula is C8H7NO4. The van der Waals surface area contributed by atoms with E-state index in [4.69, 9.17) is 10.2 Å². The lowest BCUT2D eigenvalue weighted by atomic mass is 10.3.